The van der Waals surface area contributed by atoms with Crippen molar-refractivity contribution in [2.45, 2.75) is 20.3 Å². The van der Waals surface area contributed by atoms with Crippen LogP contribution < -0.4 is 0 Å². The molecule has 1 aromatic heterocycles. The van der Waals surface area contributed by atoms with Gasteiger partial charge in [0.15, 0.2) is 0 Å². The molecule has 0 fully saturated rings. The summed E-state index contributed by atoms with van der Waals surface area (Å²) in [5, 5.41) is 1.07. The molecule has 0 unspecified atom stereocenters. The second-order valence-corrected chi connectivity index (χ2v) is 4.42. The molecule has 4 heteroatoms. The van der Waals surface area contributed by atoms with Crippen LogP contribution in [0.3, 0.4) is 0 Å². The van der Waals surface area contributed by atoms with Crippen LogP contribution in [0.1, 0.15) is 18.2 Å². The molecule has 1 heterocycles. The number of hydrogen-bond donors (Lipinski definition) is 0. The van der Waals surface area contributed by atoms with E-state index in [0.717, 1.165) is 15.8 Å². The van der Waals surface area contributed by atoms with Crippen molar-refractivity contribution < 1.29 is 9.53 Å². The van der Waals surface area contributed by atoms with Gasteiger partial charge >= 0.3 is 5.97 Å². The highest BCUT2D eigenvalue weighted by Crippen LogP contribution is 2.24. The maximum absolute atomic E-state index is 11.4. The van der Waals surface area contributed by atoms with Crippen LogP contribution in [0, 0.1) is 6.92 Å². The van der Waals surface area contributed by atoms with Gasteiger partial charge in [-0.15, -0.1) is 0 Å². The summed E-state index contributed by atoms with van der Waals surface area (Å²) >= 11 is 1.42. The maximum atomic E-state index is 11.4. The van der Waals surface area contributed by atoms with E-state index >= 15 is 0 Å². The molecule has 0 aliphatic carbocycles. The Balaban J connectivity index is 2.30. The highest BCUT2D eigenvalue weighted by molar-refractivity contribution is 7.13. The van der Waals surface area contributed by atoms with E-state index in [1.807, 2.05) is 13.0 Å². The van der Waals surface area contributed by atoms with Gasteiger partial charge in [-0.3, -0.25) is 4.79 Å². The van der Waals surface area contributed by atoms with Crippen LogP contribution >= 0.6 is 11.5 Å². The van der Waals surface area contributed by atoms with E-state index < -0.39 is 0 Å². The first-order chi connectivity index (χ1) is 7.70. The Morgan fingerprint density at radius 1 is 1.50 bits per heavy atom. The van der Waals surface area contributed by atoms with Crippen molar-refractivity contribution in [1.82, 2.24) is 4.37 Å². The van der Waals surface area contributed by atoms with Gasteiger partial charge in [0.1, 0.15) is 0 Å². The molecule has 2 rings (SSSR count). The Morgan fingerprint density at radius 2 is 2.31 bits per heavy atom. The maximum Gasteiger partial charge on any atom is 0.311 e. The van der Waals surface area contributed by atoms with E-state index in [1.54, 1.807) is 6.92 Å². The van der Waals surface area contributed by atoms with Crippen LogP contribution in [0.2, 0.25) is 0 Å². The predicted molar refractivity (Wildman–Crippen MR) is 64.7 cm³/mol. The first-order valence-electron chi connectivity index (χ1n) is 5.21. The number of nitrogens with zero attached hydrogens (tertiary/aromatic N) is 1. The van der Waals surface area contributed by atoms with Crippen LogP contribution in [0.25, 0.3) is 10.1 Å². The minimum absolute atomic E-state index is 0.212. The average molecular weight is 235 g/mol. The first kappa shape index (κ1) is 11.1. The summed E-state index contributed by atoms with van der Waals surface area (Å²) in [5.41, 5.74) is 2.00. The van der Waals surface area contributed by atoms with E-state index in [9.17, 15) is 4.79 Å². The fourth-order valence-corrected chi connectivity index (χ4v) is 2.35. The van der Waals surface area contributed by atoms with Crippen LogP contribution in [0.5, 0.6) is 0 Å². The first-order valence-corrected chi connectivity index (χ1v) is 5.98. The van der Waals surface area contributed by atoms with Gasteiger partial charge in [-0.25, -0.2) is 0 Å². The number of hydrogen-bond acceptors (Lipinski definition) is 4. The normalized spacial score (nSPS) is 10.6. The summed E-state index contributed by atoms with van der Waals surface area (Å²) < 4.78 is 10.3. The largest absolute Gasteiger partial charge is 0.466 e. The Hall–Kier alpha value is -1.42. The Kier molecular flexibility index (Phi) is 3.19. The number of aryl methyl sites for hydroxylation is 1. The SMILES string of the molecule is CCOC(=O)Cc1nsc2ccc(C)cc12. The van der Waals surface area contributed by atoms with E-state index in [0.29, 0.717) is 6.61 Å². The topological polar surface area (TPSA) is 39.2 Å². The highest BCUT2D eigenvalue weighted by atomic mass is 32.1. The third kappa shape index (κ3) is 2.22. The lowest BCUT2D eigenvalue weighted by atomic mass is 10.1. The van der Waals surface area contributed by atoms with Gasteiger partial charge in [0.25, 0.3) is 0 Å². The number of carbonyl (C=O) groups excluding carboxylic acids is 1. The number of fused-ring (bicyclic) bond motifs is 1. The minimum atomic E-state index is -0.212. The van der Waals surface area contributed by atoms with Gasteiger partial charge in [0, 0.05) is 5.39 Å². The Bertz CT molecular complexity index is 519. The molecule has 0 saturated heterocycles. The lowest BCUT2D eigenvalue weighted by Gasteiger charge is -1.99. The van der Waals surface area contributed by atoms with E-state index in [4.69, 9.17) is 4.74 Å². The van der Waals surface area contributed by atoms with Gasteiger partial charge in [-0.1, -0.05) is 11.6 Å². The fourth-order valence-electron chi connectivity index (χ4n) is 1.58. The van der Waals surface area contributed by atoms with Crippen LogP contribution in [-0.4, -0.2) is 16.9 Å². The molecule has 0 aliphatic heterocycles. The minimum Gasteiger partial charge on any atom is -0.466 e. The molecule has 2 aromatic rings. The van der Waals surface area contributed by atoms with Crippen molar-refractivity contribution >= 4 is 27.6 Å². The standard InChI is InChI=1S/C12H13NO2S/c1-3-15-12(14)7-10-9-6-8(2)4-5-11(9)16-13-10/h4-6H,3,7H2,1-2H3. The summed E-state index contributed by atoms with van der Waals surface area (Å²) in [4.78, 5) is 11.4. The van der Waals surface area contributed by atoms with Crippen molar-refractivity contribution in [2.24, 2.45) is 0 Å². The summed E-state index contributed by atoms with van der Waals surface area (Å²) in [6.45, 7) is 4.26. The van der Waals surface area contributed by atoms with E-state index in [2.05, 4.69) is 16.5 Å². The molecule has 84 valence electrons. The monoisotopic (exact) mass is 235 g/mol. The second-order valence-electron chi connectivity index (χ2n) is 3.61. The molecule has 0 atom stereocenters. The van der Waals surface area contributed by atoms with Crippen molar-refractivity contribution in [3.8, 4) is 0 Å². The number of aromatic nitrogens is 1. The zero-order valence-corrected chi connectivity index (χ0v) is 10.1. The summed E-state index contributed by atoms with van der Waals surface area (Å²) in [6.07, 6.45) is 0.261. The van der Waals surface area contributed by atoms with Crippen molar-refractivity contribution in [3.63, 3.8) is 0 Å². The Labute approximate surface area is 98.2 Å². The van der Waals surface area contributed by atoms with Crippen LogP contribution in [-0.2, 0) is 16.0 Å². The highest BCUT2D eigenvalue weighted by Gasteiger charge is 2.11. The molecule has 0 aliphatic rings. The van der Waals surface area contributed by atoms with Crippen LogP contribution in [0.4, 0.5) is 0 Å². The quantitative estimate of drug-likeness (QED) is 0.768. The van der Waals surface area contributed by atoms with E-state index in [1.165, 1.54) is 17.1 Å². The third-order valence-electron chi connectivity index (χ3n) is 2.32. The predicted octanol–water partition coefficient (Wildman–Crippen LogP) is 2.71. The van der Waals surface area contributed by atoms with Crippen LogP contribution in [0.15, 0.2) is 18.2 Å². The molecule has 0 saturated carbocycles. The van der Waals surface area contributed by atoms with Crippen molar-refractivity contribution in [1.29, 1.82) is 0 Å². The summed E-state index contributed by atoms with van der Waals surface area (Å²) in [7, 11) is 0. The lowest BCUT2D eigenvalue weighted by molar-refractivity contribution is -0.142. The van der Waals surface area contributed by atoms with Crippen molar-refractivity contribution in [3.05, 3.63) is 29.5 Å². The average Bonchev–Trinajstić information content (AvgIpc) is 2.61. The Morgan fingerprint density at radius 3 is 3.06 bits per heavy atom. The zero-order valence-electron chi connectivity index (χ0n) is 9.32. The number of esters is 1. The molecule has 3 nitrogen and oxygen atoms in total. The van der Waals surface area contributed by atoms with Crippen molar-refractivity contribution in [2.75, 3.05) is 6.61 Å². The number of carbonyl (C=O) groups is 1. The second kappa shape index (κ2) is 4.61. The molecule has 0 bridgehead atoms. The fraction of sp³-hybridized carbons (Fsp3) is 0.333. The van der Waals surface area contributed by atoms with Gasteiger partial charge in [0.2, 0.25) is 0 Å². The molecule has 16 heavy (non-hydrogen) atoms. The van der Waals surface area contributed by atoms with Gasteiger partial charge in [0.05, 0.1) is 23.4 Å². The molecule has 0 N–H and O–H groups in total. The third-order valence-corrected chi connectivity index (χ3v) is 3.18. The summed E-state index contributed by atoms with van der Waals surface area (Å²) in [5.74, 6) is -0.212. The lowest BCUT2D eigenvalue weighted by Crippen LogP contribution is -2.07. The van der Waals surface area contributed by atoms with Gasteiger partial charge in [-0.05, 0) is 37.5 Å². The molecule has 0 radical (unpaired) electrons. The number of rotatable bonds is 3. The van der Waals surface area contributed by atoms with E-state index in [-0.39, 0.29) is 12.4 Å². The molecular weight excluding hydrogens is 222 g/mol. The molecule has 0 spiro atoms. The molecule has 1 aromatic carbocycles. The zero-order chi connectivity index (χ0) is 11.5. The molecule has 0 amide bonds. The molecular formula is C12H13NO2S. The van der Waals surface area contributed by atoms with Gasteiger partial charge in [-0.2, -0.15) is 4.37 Å². The smallest absolute Gasteiger partial charge is 0.311 e. The number of ether oxygens (including phenoxy) is 1. The van der Waals surface area contributed by atoms with Gasteiger partial charge < -0.3 is 4.74 Å². The number of benzene rings is 1. The summed E-state index contributed by atoms with van der Waals surface area (Å²) in [6, 6.07) is 6.15.